The lowest BCUT2D eigenvalue weighted by Gasteiger charge is -2.65. The molecule has 7 atom stereocenters. The number of hydrogen-bond acceptors (Lipinski definition) is 3. The SMILES string of the molecule is OC1CN2CCCC=CCC=CCCC3=CC4CN5CCCCC=CCCC(C2)(C14)C35. The van der Waals surface area contributed by atoms with Gasteiger partial charge in [0.25, 0.3) is 0 Å². The lowest BCUT2D eigenvalue weighted by molar-refractivity contribution is -0.159. The number of hydrogen-bond donors (Lipinski definition) is 1. The number of nitrogens with zero attached hydrogens (tertiary/aromatic N) is 2. The summed E-state index contributed by atoms with van der Waals surface area (Å²) in [6, 6.07) is 0.531. The van der Waals surface area contributed by atoms with Crippen LogP contribution < -0.4 is 0 Å². The first-order valence-electron chi connectivity index (χ1n) is 13.1. The van der Waals surface area contributed by atoms with Gasteiger partial charge in [-0.1, -0.05) is 48.1 Å². The van der Waals surface area contributed by atoms with E-state index in [4.69, 9.17) is 0 Å². The first-order valence-corrected chi connectivity index (χ1v) is 13.1. The van der Waals surface area contributed by atoms with Gasteiger partial charge in [-0.3, -0.25) is 4.90 Å². The van der Waals surface area contributed by atoms with Gasteiger partial charge in [-0.15, -0.1) is 0 Å². The van der Waals surface area contributed by atoms with Crippen molar-refractivity contribution >= 4 is 0 Å². The number of fused-ring (bicyclic) bond motifs is 1. The fourth-order valence-electron chi connectivity index (χ4n) is 7.66. The number of aliphatic hydroxyl groups excluding tert-OH is 1. The van der Waals surface area contributed by atoms with Crippen LogP contribution in [0.3, 0.4) is 0 Å². The fourth-order valence-corrected chi connectivity index (χ4v) is 7.66. The Balaban J connectivity index is 1.54. The number of rotatable bonds is 0. The monoisotopic (exact) mass is 422 g/mol. The zero-order valence-corrected chi connectivity index (χ0v) is 19.3. The average molecular weight is 423 g/mol. The molecule has 2 saturated heterocycles. The van der Waals surface area contributed by atoms with Crippen molar-refractivity contribution in [1.82, 2.24) is 9.80 Å². The molecule has 6 bridgehead atoms. The largest absolute Gasteiger partial charge is 0.391 e. The third kappa shape index (κ3) is 4.38. The van der Waals surface area contributed by atoms with Crippen LogP contribution in [-0.2, 0) is 0 Å². The van der Waals surface area contributed by atoms with Gasteiger partial charge in [0.05, 0.1) is 6.10 Å². The molecule has 0 radical (unpaired) electrons. The van der Waals surface area contributed by atoms with E-state index in [1.807, 2.05) is 0 Å². The van der Waals surface area contributed by atoms with Gasteiger partial charge < -0.3 is 10.0 Å². The molecule has 5 heterocycles. The van der Waals surface area contributed by atoms with Crippen LogP contribution in [0.25, 0.3) is 0 Å². The van der Waals surface area contributed by atoms with Crippen molar-refractivity contribution < 1.29 is 5.11 Å². The van der Waals surface area contributed by atoms with Gasteiger partial charge in [-0.25, -0.2) is 0 Å². The molecule has 5 aliphatic heterocycles. The molecule has 1 N–H and O–H groups in total. The van der Waals surface area contributed by atoms with Crippen LogP contribution >= 0.6 is 0 Å². The van der Waals surface area contributed by atoms with E-state index in [1.54, 1.807) is 5.57 Å². The summed E-state index contributed by atoms with van der Waals surface area (Å²) < 4.78 is 0. The normalized spacial score (nSPS) is 43.6. The summed E-state index contributed by atoms with van der Waals surface area (Å²) in [5, 5.41) is 11.5. The van der Waals surface area contributed by atoms with Crippen LogP contribution in [0.15, 0.2) is 48.1 Å². The fraction of sp³-hybridized carbons (Fsp3) is 0.714. The second-order valence-electron chi connectivity index (χ2n) is 10.7. The second-order valence-corrected chi connectivity index (χ2v) is 10.7. The van der Waals surface area contributed by atoms with Crippen molar-refractivity contribution in [2.45, 2.75) is 76.4 Å². The van der Waals surface area contributed by atoms with Crippen molar-refractivity contribution in [3.05, 3.63) is 48.1 Å². The Labute approximate surface area is 189 Å². The highest BCUT2D eigenvalue weighted by atomic mass is 16.3. The Morgan fingerprint density at radius 3 is 2.58 bits per heavy atom. The Hall–Kier alpha value is -1.16. The summed E-state index contributed by atoms with van der Waals surface area (Å²) in [7, 11) is 0. The molecule has 0 aromatic carbocycles. The van der Waals surface area contributed by atoms with Gasteiger partial charge in [-0.2, -0.15) is 0 Å². The van der Waals surface area contributed by atoms with Crippen molar-refractivity contribution in [1.29, 1.82) is 0 Å². The lowest BCUT2D eigenvalue weighted by Crippen LogP contribution is -2.72. The smallest absolute Gasteiger partial charge is 0.0707 e. The minimum absolute atomic E-state index is 0.179. The van der Waals surface area contributed by atoms with E-state index in [2.05, 4.69) is 52.3 Å². The number of allylic oxidation sites excluding steroid dienone is 6. The maximum Gasteiger partial charge on any atom is 0.0707 e. The highest BCUT2D eigenvalue weighted by Crippen LogP contribution is 2.57. The van der Waals surface area contributed by atoms with Crippen molar-refractivity contribution in [3.63, 3.8) is 0 Å². The molecule has 31 heavy (non-hydrogen) atoms. The van der Waals surface area contributed by atoms with E-state index in [0.29, 0.717) is 17.9 Å². The predicted octanol–water partition coefficient (Wildman–Crippen LogP) is 5.10. The van der Waals surface area contributed by atoms with Gasteiger partial charge in [-0.05, 0) is 83.2 Å². The van der Waals surface area contributed by atoms with Gasteiger partial charge in [0.2, 0.25) is 0 Å². The first kappa shape index (κ1) is 21.7. The van der Waals surface area contributed by atoms with E-state index in [0.717, 1.165) is 32.4 Å². The molecule has 3 heteroatoms. The summed E-state index contributed by atoms with van der Waals surface area (Å²) in [6.07, 6.45) is 28.8. The Kier molecular flexibility index (Phi) is 6.83. The van der Waals surface area contributed by atoms with Gasteiger partial charge >= 0.3 is 0 Å². The minimum Gasteiger partial charge on any atom is -0.391 e. The highest BCUT2D eigenvalue weighted by molar-refractivity contribution is 5.31. The molecule has 2 fully saturated rings. The third-order valence-electron chi connectivity index (χ3n) is 8.70. The van der Waals surface area contributed by atoms with Crippen LogP contribution in [0.1, 0.15) is 64.2 Å². The van der Waals surface area contributed by atoms with Crippen LogP contribution in [0.5, 0.6) is 0 Å². The van der Waals surface area contributed by atoms with Crippen molar-refractivity contribution in [3.8, 4) is 0 Å². The zero-order chi connectivity index (χ0) is 21.1. The van der Waals surface area contributed by atoms with E-state index >= 15 is 0 Å². The molecule has 0 aromatic heterocycles. The number of aliphatic hydroxyl groups is 1. The maximum atomic E-state index is 11.5. The Bertz CT molecular complexity index is 737. The minimum atomic E-state index is -0.179. The van der Waals surface area contributed by atoms with Gasteiger partial charge in [0, 0.05) is 37.0 Å². The molecule has 0 saturated carbocycles. The summed E-state index contributed by atoms with van der Waals surface area (Å²) >= 11 is 0. The van der Waals surface area contributed by atoms with Gasteiger partial charge in [0.15, 0.2) is 0 Å². The van der Waals surface area contributed by atoms with Crippen LogP contribution in [-0.4, -0.2) is 59.8 Å². The second kappa shape index (κ2) is 9.77. The van der Waals surface area contributed by atoms with E-state index in [9.17, 15) is 5.11 Å². The Morgan fingerprint density at radius 2 is 1.65 bits per heavy atom. The molecular formula is C28H42N2O. The van der Waals surface area contributed by atoms with Gasteiger partial charge in [0.1, 0.15) is 0 Å². The molecular weight excluding hydrogens is 380 g/mol. The van der Waals surface area contributed by atoms with E-state index in [1.165, 1.54) is 64.6 Å². The van der Waals surface area contributed by atoms with Crippen LogP contribution in [0, 0.1) is 17.3 Å². The topological polar surface area (TPSA) is 26.7 Å². The lowest BCUT2D eigenvalue weighted by atomic mass is 9.51. The molecule has 0 aromatic rings. The first-order chi connectivity index (χ1) is 15.3. The molecule has 6 aliphatic rings. The van der Waals surface area contributed by atoms with Crippen LogP contribution in [0.2, 0.25) is 0 Å². The quantitative estimate of drug-likeness (QED) is 0.550. The standard InChI is InChI=1S/C28H42N2O/c31-25-21-29-17-13-9-5-2-1-3-7-11-15-23-19-24-20-30-18-14-10-6-4-8-12-16-28(22-29,26(24)25)27(23)30/h2-5,7-8,19,24-27,31H,1,6,9-18,20-22H2. The Morgan fingerprint density at radius 1 is 0.839 bits per heavy atom. The van der Waals surface area contributed by atoms with Crippen molar-refractivity contribution in [2.24, 2.45) is 17.3 Å². The predicted molar refractivity (Wildman–Crippen MR) is 129 cm³/mol. The van der Waals surface area contributed by atoms with Crippen molar-refractivity contribution in [2.75, 3.05) is 32.7 Å². The molecule has 6 rings (SSSR count). The molecule has 3 nitrogen and oxygen atoms in total. The van der Waals surface area contributed by atoms with Crippen LogP contribution in [0.4, 0.5) is 0 Å². The summed E-state index contributed by atoms with van der Waals surface area (Å²) in [5.41, 5.74) is 1.90. The summed E-state index contributed by atoms with van der Waals surface area (Å²) in [4.78, 5) is 5.49. The summed E-state index contributed by atoms with van der Waals surface area (Å²) in [6.45, 7) is 5.58. The zero-order valence-electron chi connectivity index (χ0n) is 19.3. The highest BCUT2D eigenvalue weighted by Gasteiger charge is 2.61. The number of piperidine rings is 2. The molecule has 170 valence electrons. The molecule has 1 aliphatic carbocycles. The maximum absolute atomic E-state index is 11.5. The molecule has 0 amide bonds. The summed E-state index contributed by atoms with van der Waals surface area (Å²) in [5.74, 6) is 0.970. The molecule has 1 spiro atoms. The average Bonchev–Trinajstić information content (AvgIpc) is 2.78. The van der Waals surface area contributed by atoms with E-state index < -0.39 is 0 Å². The molecule has 7 unspecified atom stereocenters. The van der Waals surface area contributed by atoms with E-state index in [-0.39, 0.29) is 11.5 Å². The third-order valence-corrected chi connectivity index (χ3v) is 8.70.